The predicted octanol–water partition coefficient (Wildman–Crippen LogP) is 1.82. The summed E-state index contributed by atoms with van der Waals surface area (Å²) in [6.07, 6.45) is 1.33. The van der Waals surface area contributed by atoms with Crippen LogP contribution in [0.4, 0.5) is 9.59 Å². The molecule has 0 saturated carbocycles. The predicted molar refractivity (Wildman–Crippen MR) is 87.5 cm³/mol. The minimum absolute atomic E-state index is 0.142. The molecule has 1 aliphatic heterocycles. The summed E-state index contributed by atoms with van der Waals surface area (Å²) in [6.45, 7) is 2.07. The van der Waals surface area contributed by atoms with Crippen molar-refractivity contribution in [2.75, 3.05) is 27.9 Å². The lowest BCUT2D eigenvalue weighted by atomic mass is 10.1. The molecule has 1 aromatic rings. The number of methoxy groups -OCH3 is 3. The molecule has 1 aliphatic rings. The molecule has 136 valence electrons. The summed E-state index contributed by atoms with van der Waals surface area (Å²) in [5, 5.41) is 2.12. The van der Waals surface area contributed by atoms with E-state index in [0.29, 0.717) is 12.2 Å². The lowest BCUT2D eigenvalue weighted by molar-refractivity contribution is -0.798. The van der Waals surface area contributed by atoms with E-state index in [2.05, 4.69) is 10.7 Å². The van der Waals surface area contributed by atoms with Crippen molar-refractivity contribution >= 4 is 18.0 Å². The molecule has 1 aromatic carbocycles. The molecule has 9 heteroatoms. The zero-order valence-electron chi connectivity index (χ0n) is 14.7. The van der Waals surface area contributed by atoms with Crippen molar-refractivity contribution in [2.45, 2.75) is 19.8 Å². The van der Waals surface area contributed by atoms with Crippen LogP contribution in [0.1, 0.15) is 30.1 Å². The summed E-state index contributed by atoms with van der Waals surface area (Å²) in [5.41, 5.74) is 2.58. The van der Waals surface area contributed by atoms with Gasteiger partial charge >= 0.3 is 18.0 Å². The van der Waals surface area contributed by atoms with Crippen LogP contribution < -0.4 is 25.0 Å². The van der Waals surface area contributed by atoms with Crippen LogP contribution in [-0.2, 0) is 0 Å². The van der Waals surface area contributed by atoms with E-state index in [1.54, 1.807) is 0 Å². The third kappa shape index (κ3) is 3.22. The Morgan fingerprint density at radius 2 is 1.68 bits per heavy atom. The summed E-state index contributed by atoms with van der Waals surface area (Å²) >= 11 is 0. The number of ether oxygens (including phenoxy) is 3. The van der Waals surface area contributed by atoms with Crippen LogP contribution in [0.3, 0.4) is 0 Å². The smallest absolute Gasteiger partial charge is 0.457 e. The molecule has 0 radical (unpaired) electrons. The minimum atomic E-state index is -0.828. The molecule has 2 rings (SSSR count). The molecule has 1 fully saturated rings. The molecular weight excluding hydrogens is 330 g/mol. The summed E-state index contributed by atoms with van der Waals surface area (Å²) in [7, 11) is 4.31. The summed E-state index contributed by atoms with van der Waals surface area (Å²) in [6, 6.07) is 1.49. The van der Waals surface area contributed by atoms with E-state index in [1.165, 1.54) is 33.5 Å². The molecule has 0 bridgehead atoms. The van der Waals surface area contributed by atoms with Gasteiger partial charge in [-0.3, -0.25) is 0 Å². The van der Waals surface area contributed by atoms with Gasteiger partial charge in [0, 0.05) is 12.1 Å². The second-order valence-electron chi connectivity index (χ2n) is 5.48. The molecular formula is C16H22N3O6+. The normalized spacial score (nSPS) is 19.2. The van der Waals surface area contributed by atoms with Gasteiger partial charge in [0.1, 0.15) is 6.54 Å². The molecule has 1 saturated heterocycles. The second-order valence-corrected chi connectivity index (χ2v) is 5.48. The highest BCUT2D eigenvalue weighted by atomic mass is 16.5. The second kappa shape index (κ2) is 7.39. The number of carbonyl (C=O) groups is 3. The Morgan fingerprint density at radius 3 is 2.08 bits per heavy atom. The van der Waals surface area contributed by atoms with Crippen molar-refractivity contribution in [3.63, 3.8) is 0 Å². The average molecular weight is 352 g/mol. The molecule has 2 N–H and O–H groups in total. The summed E-state index contributed by atoms with van der Waals surface area (Å²) < 4.78 is 14.9. The third-order valence-electron chi connectivity index (χ3n) is 3.97. The first kappa shape index (κ1) is 18.5. The Kier molecular flexibility index (Phi) is 5.48. The highest BCUT2D eigenvalue weighted by Crippen LogP contribution is 2.39. The number of hydrogen-bond donors (Lipinski definition) is 2. The van der Waals surface area contributed by atoms with Gasteiger partial charge in [0.2, 0.25) is 5.75 Å². The van der Waals surface area contributed by atoms with E-state index < -0.39 is 22.6 Å². The first-order chi connectivity index (χ1) is 11.9. The summed E-state index contributed by atoms with van der Waals surface area (Å²) in [5.74, 6) is 0.308. The van der Waals surface area contributed by atoms with Gasteiger partial charge in [-0.1, -0.05) is 17.9 Å². The number of unbranched alkanes of at least 4 members (excludes halogenated alkanes) is 1. The molecule has 1 heterocycles. The maximum atomic E-state index is 13.1. The molecule has 5 amide bonds. The van der Waals surface area contributed by atoms with Crippen molar-refractivity contribution in [1.29, 1.82) is 0 Å². The fraction of sp³-hybridized carbons (Fsp3) is 0.438. The number of benzene rings is 1. The lowest BCUT2D eigenvalue weighted by Crippen LogP contribution is -2.61. The highest BCUT2D eigenvalue weighted by molar-refractivity contribution is 6.04. The number of imide groups is 2. The third-order valence-corrected chi connectivity index (χ3v) is 3.97. The van der Waals surface area contributed by atoms with Gasteiger partial charge in [-0.25, -0.2) is 19.7 Å². The Labute approximate surface area is 145 Å². The molecule has 0 spiro atoms. The number of nitrogens with one attached hydrogen (secondary N) is 2. The van der Waals surface area contributed by atoms with Crippen molar-refractivity contribution in [2.24, 2.45) is 0 Å². The van der Waals surface area contributed by atoms with Crippen LogP contribution in [0.2, 0.25) is 0 Å². The van der Waals surface area contributed by atoms with Crippen LogP contribution >= 0.6 is 0 Å². The van der Waals surface area contributed by atoms with Crippen molar-refractivity contribution in [3.8, 4) is 17.2 Å². The maximum absolute atomic E-state index is 13.1. The van der Waals surface area contributed by atoms with Gasteiger partial charge in [0.25, 0.3) is 0 Å². The monoisotopic (exact) mass is 352 g/mol. The fourth-order valence-corrected chi connectivity index (χ4v) is 2.67. The summed E-state index contributed by atoms with van der Waals surface area (Å²) in [4.78, 5) is 37.1. The highest BCUT2D eigenvalue weighted by Gasteiger charge is 2.53. The van der Waals surface area contributed by atoms with Crippen LogP contribution in [-0.4, -0.2) is 50.4 Å². The Bertz CT molecular complexity index is 680. The standard InChI is InChI=1S/C16H21N3O6/c1-5-6-7-19(16(22)17-15(21)18-19)14(20)10-8-11(23-2)13(25-4)12(9-10)24-3/h8-9H,5-7H2,1-4H3,(H-,17,18,21,22)/p+1. The van der Waals surface area contributed by atoms with Crippen LogP contribution in [0, 0.1) is 0 Å². The van der Waals surface area contributed by atoms with E-state index in [0.717, 1.165) is 6.42 Å². The van der Waals surface area contributed by atoms with Crippen LogP contribution in [0.25, 0.3) is 0 Å². The first-order valence-electron chi connectivity index (χ1n) is 7.80. The zero-order chi connectivity index (χ0) is 18.6. The van der Waals surface area contributed by atoms with E-state index in [9.17, 15) is 14.4 Å². The largest absolute Gasteiger partial charge is 0.493 e. The zero-order valence-corrected chi connectivity index (χ0v) is 14.7. The van der Waals surface area contributed by atoms with Crippen LogP contribution in [0.15, 0.2) is 12.1 Å². The fourth-order valence-electron chi connectivity index (χ4n) is 2.67. The molecule has 1 atom stereocenters. The molecule has 25 heavy (non-hydrogen) atoms. The number of amides is 5. The molecule has 0 aliphatic carbocycles. The van der Waals surface area contributed by atoms with Crippen molar-refractivity contribution in [3.05, 3.63) is 17.7 Å². The number of quaternary nitrogens is 1. The van der Waals surface area contributed by atoms with Gasteiger partial charge < -0.3 is 14.2 Å². The lowest BCUT2D eigenvalue weighted by Gasteiger charge is -2.25. The van der Waals surface area contributed by atoms with Crippen LogP contribution in [0.5, 0.6) is 17.2 Å². The number of hydrogen-bond acceptors (Lipinski definition) is 6. The van der Waals surface area contributed by atoms with Gasteiger partial charge in [0.15, 0.2) is 11.5 Å². The SMILES string of the molecule is CCCC[N+]1(C(=O)c2cc(OC)c(OC)c(OC)c2)NC(=O)NC1=O. The average Bonchev–Trinajstić information content (AvgIpc) is 2.92. The molecule has 1 unspecified atom stereocenters. The molecule has 9 nitrogen and oxygen atoms in total. The number of rotatable bonds is 7. The van der Waals surface area contributed by atoms with Gasteiger partial charge in [-0.15, -0.1) is 0 Å². The van der Waals surface area contributed by atoms with Gasteiger partial charge in [-0.05, 0) is 6.42 Å². The Hall–Kier alpha value is -2.81. The first-order valence-corrected chi connectivity index (χ1v) is 7.80. The van der Waals surface area contributed by atoms with Crippen molar-refractivity contribution in [1.82, 2.24) is 10.7 Å². The minimum Gasteiger partial charge on any atom is -0.493 e. The van der Waals surface area contributed by atoms with E-state index in [4.69, 9.17) is 14.2 Å². The Morgan fingerprint density at radius 1 is 1.08 bits per heavy atom. The quantitative estimate of drug-likeness (QED) is 0.726. The number of nitrogens with zero attached hydrogens (tertiary/aromatic N) is 1. The van der Waals surface area contributed by atoms with E-state index in [1.807, 2.05) is 6.92 Å². The number of carbonyl (C=O) groups excluding carboxylic acids is 3. The maximum Gasteiger partial charge on any atom is 0.457 e. The van der Waals surface area contributed by atoms with Crippen molar-refractivity contribution < 1.29 is 33.2 Å². The van der Waals surface area contributed by atoms with Gasteiger partial charge in [0.05, 0.1) is 26.9 Å². The van der Waals surface area contributed by atoms with E-state index in [-0.39, 0.29) is 23.6 Å². The molecule has 0 aromatic heterocycles. The number of urea groups is 2. The van der Waals surface area contributed by atoms with E-state index >= 15 is 0 Å². The topological polar surface area (TPSA) is 103 Å². The Balaban J connectivity index is 2.53. The van der Waals surface area contributed by atoms with Gasteiger partial charge in [-0.2, -0.15) is 5.43 Å².